The normalized spacial score (nSPS) is 10.6. The summed E-state index contributed by atoms with van der Waals surface area (Å²) in [4.78, 5) is 24.2. The first kappa shape index (κ1) is 22.7. The standard InChI is InChI=1S/C25H34N2O2/c1-18-12-14-22(20(3)16-18)26-24(28)10-8-6-5-7-9-11-25(29)27-23-15-13-19(2)17-21(23)4/h12-17H,5-11H2,1-4H3,(H,26,28)(H,27,29). The van der Waals surface area contributed by atoms with Crippen molar-refractivity contribution < 1.29 is 9.59 Å². The van der Waals surface area contributed by atoms with Gasteiger partial charge >= 0.3 is 0 Å². The minimum atomic E-state index is 0.0739. The molecule has 4 nitrogen and oxygen atoms in total. The molecule has 2 amide bonds. The van der Waals surface area contributed by atoms with E-state index in [-0.39, 0.29) is 11.8 Å². The summed E-state index contributed by atoms with van der Waals surface area (Å²) in [7, 11) is 0. The number of aryl methyl sites for hydroxylation is 4. The highest BCUT2D eigenvalue weighted by molar-refractivity contribution is 5.92. The lowest BCUT2D eigenvalue weighted by Gasteiger charge is -2.09. The molecule has 2 aromatic carbocycles. The lowest BCUT2D eigenvalue weighted by atomic mass is 10.1. The summed E-state index contributed by atoms with van der Waals surface area (Å²) in [6, 6.07) is 12.1. The van der Waals surface area contributed by atoms with E-state index in [4.69, 9.17) is 0 Å². The number of hydrogen-bond acceptors (Lipinski definition) is 2. The Bertz CT molecular complexity index is 773. The van der Waals surface area contributed by atoms with E-state index in [1.165, 1.54) is 11.1 Å². The van der Waals surface area contributed by atoms with Crippen molar-refractivity contribution in [3.63, 3.8) is 0 Å². The van der Waals surface area contributed by atoms with E-state index >= 15 is 0 Å². The average Bonchev–Trinajstić information content (AvgIpc) is 2.65. The Kier molecular flexibility index (Phi) is 8.91. The molecule has 0 spiro atoms. The first-order chi connectivity index (χ1) is 13.8. The van der Waals surface area contributed by atoms with E-state index in [0.29, 0.717) is 12.8 Å². The smallest absolute Gasteiger partial charge is 0.224 e. The predicted molar refractivity (Wildman–Crippen MR) is 121 cm³/mol. The first-order valence-electron chi connectivity index (χ1n) is 10.6. The highest BCUT2D eigenvalue weighted by atomic mass is 16.2. The molecule has 4 heteroatoms. The third kappa shape index (κ3) is 8.10. The SMILES string of the molecule is Cc1ccc(NC(=O)CCCCCCCC(=O)Nc2ccc(C)cc2C)c(C)c1. The van der Waals surface area contributed by atoms with Crippen LogP contribution in [0.15, 0.2) is 36.4 Å². The Morgan fingerprint density at radius 3 is 1.38 bits per heavy atom. The number of benzene rings is 2. The maximum atomic E-state index is 12.1. The van der Waals surface area contributed by atoms with Gasteiger partial charge in [0.25, 0.3) is 0 Å². The van der Waals surface area contributed by atoms with Gasteiger partial charge < -0.3 is 10.6 Å². The summed E-state index contributed by atoms with van der Waals surface area (Å²) in [5.41, 5.74) is 6.38. The van der Waals surface area contributed by atoms with Crippen molar-refractivity contribution in [1.82, 2.24) is 0 Å². The van der Waals surface area contributed by atoms with Crippen molar-refractivity contribution in [1.29, 1.82) is 0 Å². The molecule has 156 valence electrons. The van der Waals surface area contributed by atoms with Crippen LogP contribution in [-0.2, 0) is 9.59 Å². The zero-order chi connectivity index (χ0) is 21.2. The molecule has 0 fully saturated rings. The van der Waals surface area contributed by atoms with Gasteiger partial charge in [0, 0.05) is 24.2 Å². The molecule has 0 saturated heterocycles. The van der Waals surface area contributed by atoms with Crippen LogP contribution < -0.4 is 10.6 Å². The second-order valence-corrected chi connectivity index (χ2v) is 8.00. The molecule has 0 aromatic heterocycles. The molecule has 0 aliphatic heterocycles. The third-order valence-corrected chi connectivity index (χ3v) is 5.12. The molecule has 29 heavy (non-hydrogen) atoms. The third-order valence-electron chi connectivity index (χ3n) is 5.12. The van der Waals surface area contributed by atoms with Crippen LogP contribution in [-0.4, -0.2) is 11.8 Å². The number of unbranched alkanes of at least 4 members (excludes halogenated alkanes) is 4. The van der Waals surface area contributed by atoms with Crippen LogP contribution in [0.4, 0.5) is 11.4 Å². The van der Waals surface area contributed by atoms with Gasteiger partial charge in [-0.15, -0.1) is 0 Å². The number of amides is 2. The van der Waals surface area contributed by atoms with Crippen molar-refractivity contribution in [2.24, 2.45) is 0 Å². The molecule has 0 aliphatic carbocycles. The maximum Gasteiger partial charge on any atom is 0.224 e. The van der Waals surface area contributed by atoms with E-state index < -0.39 is 0 Å². The second-order valence-electron chi connectivity index (χ2n) is 8.00. The molecule has 0 heterocycles. The Balaban J connectivity index is 1.55. The van der Waals surface area contributed by atoms with Gasteiger partial charge in [0.2, 0.25) is 11.8 Å². The Morgan fingerprint density at radius 1 is 0.621 bits per heavy atom. The minimum Gasteiger partial charge on any atom is -0.326 e. The van der Waals surface area contributed by atoms with Crippen molar-refractivity contribution in [2.45, 2.75) is 72.6 Å². The molecule has 0 bridgehead atoms. The fraction of sp³-hybridized carbons (Fsp3) is 0.440. The summed E-state index contributed by atoms with van der Waals surface area (Å²) in [6.07, 6.45) is 5.92. The van der Waals surface area contributed by atoms with Crippen LogP contribution in [0.3, 0.4) is 0 Å². The van der Waals surface area contributed by atoms with Crippen LogP contribution in [0.2, 0.25) is 0 Å². The lowest BCUT2D eigenvalue weighted by molar-refractivity contribution is -0.117. The molecule has 0 unspecified atom stereocenters. The summed E-state index contributed by atoms with van der Waals surface area (Å²) >= 11 is 0. The molecule has 2 rings (SSSR count). The van der Waals surface area contributed by atoms with Crippen LogP contribution in [0.1, 0.15) is 67.2 Å². The quantitative estimate of drug-likeness (QED) is 0.469. The summed E-state index contributed by atoms with van der Waals surface area (Å²) < 4.78 is 0. The van der Waals surface area contributed by atoms with Crippen molar-refractivity contribution in [3.05, 3.63) is 58.7 Å². The number of carbonyl (C=O) groups excluding carboxylic acids is 2. The molecular formula is C25H34N2O2. The van der Waals surface area contributed by atoms with Crippen LogP contribution >= 0.6 is 0 Å². The summed E-state index contributed by atoms with van der Waals surface area (Å²) in [5.74, 6) is 0.148. The molecule has 2 aromatic rings. The molecule has 0 radical (unpaired) electrons. The number of carbonyl (C=O) groups is 2. The second kappa shape index (κ2) is 11.4. The highest BCUT2D eigenvalue weighted by Gasteiger charge is 2.06. The lowest BCUT2D eigenvalue weighted by Crippen LogP contribution is -2.12. The van der Waals surface area contributed by atoms with E-state index in [0.717, 1.165) is 54.6 Å². The number of rotatable bonds is 10. The van der Waals surface area contributed by atoms with Gasteiger partial charge in [-0.2, -0.15) is 0 Å². The van der Waals surface area contributed by atoms with E-state index in [2.05, 4.69) is 22.8 Å². The van der Waals surface area contributed by atoms with Gasteiger partial charge in [-0.1, -0.05) is 54.7 Å². The summed E-state index contributed by atoms with van der Waals surface area (Å²) in [6.45, 7) is 8.12. The van der Waals surface area contributed by atoms with Gasteiger partial charge in [-0.25, -0.2) is 0 Å². The van der Waals surface area contributed by atoms with Gasteiger partial charge in [0.15, 0.2) is 0 Å². The maximum absolute atomic E-state index is 12.1. The topological polar surface area (TPSA) is 58.2 Å². The fourth-order valence-electron chi connectivity index (χ4n) is 3.43. The minimum absolute atomic E-state index is 0.0739. The monoisotopic (exact) mass is 394 g/mol. The van der Waals surface area contributed by atoms with Gasteiger partial charge in [0.05, 0.1) is 0 Å². The molecule has 0 aliphatic rings. The molecular weight excluding hydrogens is 360 g/mol. The van der Waals surface area contributed by atoms with Crippen LogP contribution in [0.5, 0.6) is 0 Å². The van der Waals surface area contributed by atoms with E-state index in [1.807, 2.05) is 52.0 Å². The van der Waals surface area contributed by atoms with Crippen LogP contribution in [0.25, 0.3) is 0 Å². The van der Waals surface area contributed by atoms with Gasteiger partial charge in [-0.3, -0.25) is 9.59 Å². The Hall–Kier alpha value is -2.62. The zero-order valence-corrected chi connectivity index (χ0v) is 18.2. The number of anilines is 2. The Morgan fingerprint density at radius 2 is 1.00 bits per heavy atom. The average molecular weight is 395 g/mol. The zero-order valence-electron chi connectivity index (χ0n) is 18.2. The van der Waals surface area contributed by atoms with E-state index in [1.54, 1.807) is 0 Å². The van der Waals surface area contributed by atoms with Gasteiger partial charge in [-0.05, 0) is 63.8 Å². The Labute approximate surface area is 175 Å². The van der Waals surface area contributed by atoms with E-state index in [9.17, 15) is 9.59 Å². The van der Waals surface area contributed by atoms with Crippen molar-refractivity contribution >= 4 is 23.2 Å². The number of hydrogen-bond donors (Lipinski definition) is 2. The van der Waals surface area contributed by atoms with Crippen molar-refractivity contribution in [3.8, 4) is 0 Å². The fourth-order valence-corrected chi connectivity index (χ4v) is 3.43. The van der Waals surface area contributed by atoms with Gasteiger partial charge in [0.1, 0.15) is 0 Å². The molecule has 0 saturated carbocycles. The molecule has 2 N–H and O–H groups in total. The number of nitrogens with one attached hydrogen (secondary N) is 2. The largest absolute Gasteiger partial charge is 0.326 e. The highest BCUT2D eigenvalue weighted by Crippen LogP contribution is 2.18. The predicted octanol–water partition coefficient (Wildman–Crippen LogP) is 6.23. The first-order valence-corrected chi connectivity index (χ1v) is 10.6. The molecule has 0 atom stereocenters. The van der Waals surface area contributed by atoms with Crippen molar-refractivity contribution in [2.75, 3.05) is 10.6 Å². The summed E-state index contributed by atoms with van der Waals surface area (Å²) in [5, 5.41) is 5.99. The van der Waals surface area contributed by atoms with Crippen LogP contribution in [0, 0.1) is 27.7 Å².